The zero-order valence-electron chi connectivity index (χ0n) is 13.0. The summed E-state index contributed by atoms with van der Waals surface area (Å²) in [4.78, 5) is 0.130. The highest BCUT2D eigenvalue weighted by atomic mass is 35.5. The zero-order valence-corrected chi connectivity index (χ0v) is 15.4. The molecule has 0 aliphatic rings. The van der Waals surface area contributed by atoms with Crippen molar-refractivity contribution in [2.45, 2.75) is 18.2 Å². The molecule has 0 unspecified atom stereocenters. The van der Waals surface area contributed by atoms with Crippen LogP contribution in [0.25, 0.3) is 0 Å². The largest absolute Gasteiger partial charge is 0.362 e. The molecule has 0 saturated carbocycles. The van der Waals surface area contributed by atoms with E-state index >= 15 is 0 Å². The summed E-state index contributed by atoms with van der Waals surface area (Å²) in [5.74, 6) is 0. The highest BCUT2D eigenvalue weighted by molar-refractivity contribution is 7.92. The number of nitrogens with one attached hydrogen (secondary N) is 3. The first-order valence-corrected chi connectivity index (χ1v) is 9.61. The fourth-order valence-corrected chi connectivity index (χ4v) is 3.43. The smallest absolute Gasteiger partial charge is 0.261 e. The summed E-state index contributed by atoms with van der Waals surface area (Å²) in [6.45, 7) is 2.78. The van der Waals surface area contributed by atoms with E-state index in [0.717, 1.165) is 13.0 Å². The summed E-state index contributed by atoms with van der Waals surface area (Å²) in [5, 5.41) is 6.90. The van der Waals surface area contributed by atoms with Crippen LogP contribution < -0.4 is 15.4 Å². The summed E-state index contributed by atoms with van der Waals surface area (Å²) in [6, 6.07) is 13.0. The second-order valence-electron chi connectivity index (χ2n) is 5.02. The van der Waals surface area contributed by atoms with E-state index in [1.807, 2.05) is 6.92 Å². The van der Waals surface area contributed by atoms with Crippen LogP contribution in [-0.2, 0) is 10.0 Å². The van der Waals surface area contributed by atoms with Crippen molar-refractivity contribution in [2.75, 3.05) is 16.6 Å². The molecule has 0 aliphatic heterocycles. The van der Waals surface area contributed by atoms with Gasteiger partial charge in [0, 0.05) is 17.3 Å². The summed E-state index contributed by atoms with van der Waals surface area (Å²) in [7, 11) is -3.72. The molecule has 3 N–H and O–H groups in total. The van der Waals surface area contributed by atoms with Crippen molar-refractivity contribution in [2.24, 2.45) is 0 Å². The van der Waals surface area contributed by atoms with Gasteiger partial charge < -0.3 is 10.6 Å². The second-order valence-corrected chi connectivity index (χ2v) is 7.55. The van der Waals surface area contributed by atoms with Crippen LogP contribution in [0, 0.1) is 0 Å². The molecule has 0 aliphatic carbocycles. The van der Waals surface area contributed by atoms with Crippen LogP contribution >= 0.6 is 23.8 Å². The minimum Gasteiger partial charge on any atom is -0.362 e. The van der Waals surface area contributed by atoms with Crippen LogP contribution in [-0.4, -0.2) is 20.1 Å². The van der Waals surface area contributed by atoms with E-state index in [9.17, 15) is 8.42 Å². The minimum atomic E-state index is -3.72. The lowest BCUT2D eigenvalue weighted by Gasteiger charge is -2.12. The molecular weight excluding hydrogens is 366 g/mol. The van der Waals surface area contributed by atoms with Crippen LogP contribution in [0.3, 0.4) is 0 Å². The lowest BCUT2D eigenvalue weighted by Crippen LogP contribution is -2.29. The Balaban J connectivity index is 2.15. The molecule has 2 rings (SSSR count). The van der Waals surface area contributed by atoms with E-state index < -0.39 is 10.0 Å². The van der Waals surface area contributed by atoms with Crippen molar-refractivity contribution in [1.29, 1.82) is 0 Å². The van der Waals surface area contributed by atoms with Crippen molar-refractivity contribution >= 4 is 50.3 Å². The topological polar surface area (TPSA) is 70.2 Å². The molecule has 5 nitrogen and oxygen atoms in total. The molecule has 128 valence electrons. The van der Waals surface area contributed by atoms with E-state index in [2.05, 4.69) is 15.4 Å². The minimum absolute atomic E-state index is 0.130. The molecule has 0 spiro atoms. The summed E-state index contributed by atoms with van der Waals surface area (Å²) in [6.07, 6.45) is 0.944. The predicted molar refractivity (Wildman–Crippen MR) is 103 cm³/mol. The van der Waals surface area contributed by atoms with Gasteiger partial charge in [0.2, 0.25) is 0 Å². The fourth-order valence-electron chi connectivity index (χ4n) is 1.92. The van der Waals surface area contributed by atoms with Crippen molar-refractivity contribution in [3.8, 4) is 0 Å². The van der Waals surface area contributed by atoms with Crippen molar-refractivity contribution < 1.29 is 8.42 Å². The van der Waals surface area contributed by atoms with Crippen LogP contribution in [0.1, 0.15) is 13.3 Å². The Morgan fingerprint density at radius 1 is 1.12 bits per heavy atom. The number of hydrogen-bond acceptors (Lipinski definition) is 3. The monoisotopic (exact) mass is 383 g/mol. The lowest BCUT2D eigenvalue weighted by atomic mass is 10.3. The molecule has 0 saturated heterocycles. The third kappa shape index (κ3) is 5.36. The number of sulfonamides is 1. The molecule has 0 fully saturated rings. The van der Waals surface area contributed by atoms with Gasteiger partial charge in [-0.15, -0.1) is 0 Å². The Kier molecular flexibility index (Phi) is 6.42. The van der Waals surface area contributed by atoms with Gasteiger partial charge in [0.1, 0.15) is 0 Å². The van der Waals surface area contributed by atoms with Gasteiger partial charge in [-0.25, -0.2) is 8.42 Å². The average Bonchev–Trinajstić information content (AvgIpc) is 2.53. The third-order valence-electron chi connectivity index (χ3n) is 3.01. The van der Waals surface area contributed by atoms with E-state index in [1.54, 1.807) is 36.4 Å². The molecule has 0 amide bonds. The number of anilines is 2. The van der Waals surface area contributed by atoms with Crippen molar-refractivity contribution in [1.82, 2.24) is 5.32 Å². The van der Waals surface area contributed by atoms with Gasteiger partial charge in [-0.05, 0) is 55.0 Å². The maximum atomic E-state index is 12.5. The van der Waals surface area contributed by atoms with Gasteiger partial charge in [0.15, 0.2) is 5.11 Å². The Morgan fingerprint density at radius 2 is 1.83 bits per heavy atom. The highest BCUT2D eigenvalue weighted by Gasteiger charge is 2.15. The van der Waals surface area contributed by atoms with Crippen LogP contribution in [0.5, 0.6) is 0 Å². The average molecular weight is 384 g/mol. The van der Waals surface area contributed by atoms with Crippen LogP contribution in [0.15, 0.2) is 53.4 Å². The maximum absolute atomic E-state index is 12.5. The normalized spacial score (nSPS) is 10.9. The molecule has 0 heterocycles. The van der Waals surface area contributed by atoms with Crippen LogP contribution in [0.2, 0.25) is 5.02 Å². The Bertz CT molecular complexity index is 826. The number of benzene rings is 2. The molecule has 0 aromatic heterocycles. The molecule has 8 heteroatoms. The van der Waals surface area contributed by atoms with Crippen molar-refractivity contribution in [3.63, 3.8) is 0 Å². The van der Waals surface area contributed by atoms with E-state index in [1.165, 1.54) is 12.1 Å². The zero-order chi connectivity index (χ0) is 17.6. The van der Waals surface area contributed by atoms with Gasteiger partial charge in [0.25, 0.3) is 10.0 Å². The van der Waals surface area contributed by atoms with Gasteiger partial charge in [-0.1, -0.05) is 30.7 Å². The first-order valence-electron chi connectivity index (χ1n) is 7.34. The molecule has 0 radical (unpaired) electrons. The molecule has 0 bridgehead atoms. The summed E-state index contributed by atoms with van der Waals surface area (Å²) >= 11 is 11.0. The number of halogens is 1. The SMILES string of the molecule is CCCNC(=S)Nc1cccc(S(=O)(=O)Nc2cccc(Cl)c2)c1. The number of thiocarbonyl (C=S) groups is 1. The summed E-state index contributed by atoms with van der Waals surface area (Å²) < 4.78 is 27.5. The van der Waals surface area contributed by atoms with Gasteiger partial charge >= 0.3 is 0 Å². The molecule has 0 atom stereocenters. The van der Waals surface area contributed by atoms with Gasteiger partial charge in [0.05, 0.1) is 10.6 Å². The Labute approximate surface area is 152 Å². The molecular formula is C16H18ClN3O2S2. The maximum Gasteiger partial charge on any atom is 0.261 e. The third-order valence-corrected chi connectivity index (χ3v) is 4.88. The lowest BCUT2D eigenvalue weighted by molar-refractivity contribution is 0.601. The Morgan fingerprint density at radius 3 is 2.54 bits per heavy atom. The van der Waals surface area contributed by atoms with Gasteiger partial charge in [-0.3, -0.25) is 4.72 Å². The predicted octanol–water partition coefficient (Wildman–Crippen LogP) is 3.84. The van der Waals surface area contributed by atoms with Crippen LogP contribution in [0.4, 0.5) is 11.4 Å². The first kappa shape index (κ1) is 18.5. The number of hydrogen-bond donors (Lipinski definition) is 3. The van der Waals surface area contributed by atoms with E-state index in [-0.39, 0.29) is 4.90 Å². The van der Waals surface area contributed by atoms with E-state index in [4.69, 9.17) is 23.8 Å². The number of rotatable bonds is 6. The fraction of sp³-hybridized carbons (Fsp3) is 0.188. The molecule has 2 aromatic rings. The second kappa shape index (κ2) is 8.32. The van der Waals surface area contributed by atoms with Gasteiger partial charge in [-0.2, -0.15) is 0 Å². The molecule has 24 heavy (non-hydrogen) atoms. The quantitative estimate of drug-likeness (QED) is 0.661. The Hall–Kier alpha value is -1.83. The van der Waals surface area contributed by atoms with E-state index in [0.29, 0.717) is 21.5 Å². The molecule has 2 aromatic carbocycles. The standard InChI is InChI=1S/C16H18ClN3O2S2/c1-2-9-18-16(23)19-13-6-4-8-15(11-13)24(21,22)20-14-7-3-5-12(17)10-14/h3-8,10-11,20H,2,9H2,1H3,(H2,18,19,23). The summed E-state index contributed by atoms with van der Waals surface area (Å²) in [5.41, 5.74) is 0.999. The first-order chi connectivity index (χ1) is 11.4. The van der Waals surface area contributed by atoms with Crippen molar-refractivity contribution in [3.05, 3.63) is 53.6 Å². The highest BCUT2D eigenvalue weighted by Crippen LogP contribution is 2.21.